The van der Waals surface area contributed by atoms with Crippen molar-refractivity contribution in [2.24, 2.45) is 0 Å². The SMILES string of the molecule is O=C(O)c1cc(C2CC2)nc(N2[C@@H]3CC[C@H]2CC(OCc2c(-c4ccccc4OC(F)F)noc2C2CC2)C3)n1. The zero-order valence-corrected chi connectivity index (χ0v) is 21.8. The Bertz CT molecular complexity index is 1410. The number of hydrogen-bond acceptors (Lipinski definition) is 8. The molecule has 2 saturated carbocycles. The van der Waals surface area contributed by atoms with Gasteiger partial charge in [-0.15, -0.1) is 0 Å². The fourth-order valence-corrected chi connectivity index (χ4v) is 6.26. The highest BCUT2D eigenvalue weighted by Crippen LogP contribution is 2.46. The second kappa shape index (κ2) is 10.1. The normalized spacial score (nSPS) is 24.1. The van der Waals surface area contributed by atoms with Gasteiger partial charge in [0, 0.05) is 40.7 Å². The van der Waals surface area contributed by atoms with Crippen molar-refractivity contribution in [3.05, 3.63) is 53.0 Å². The van der Waals surface area contributed by atoms with Crippen LogP contribution in [0.4, 0.5) is 14.7 Å². The summed E-state index contributed by atoms with van der Waals surface area (Å²) < 4.78 is 43.1. The first-order valence-corrected chi connectivity index (χ1v) is 14.0. The third-order valence-electron chi connectivity index (χ3n) is 8.46. The molecule has 3 atom stereocenters. The Kier molecular flexibility index (Phi) is 6.41. The maximum Gasteiger partial charge on any atom is 0.387 e. The number of para-hydroxylation sites is 1. The van der Waals surface area contributed by atoms with Crippen LogP contribution in [-0.2, 0) is 11.3 Å². The first-order valence-electron chi connectivity index (χ1n) is 14.0. The lowest BCUT2D eigenvalue weighted by molar-refractivity contribution is -0.0494. The van der Waals surface area contributed by atoms with Crippen molar-refractivity contribution in [3.8, 4) is 17.0 Å². The van der Waals surface area contributed by atoms with Gasteiger partial charge in [-0.05, 0) is 69.6 Å². The van der Waals surface area contributed by atoms with Crippen LogP contribution in [0.25, 0.3) is 11.3 Å². The van der Waals surface area contributed by atoms with E-state index in [0.717, 1.165) is 68.4 Å². The zero-order valence-electron chi connectivity index (χ0n) is 21.8. The van der Waals surface area contributed by atoms with E-state index in [-0.39, 0.29) is 42.2 Å². The molecule has 9 nitrogen and oxygen atoms in total. The number of hydrogen-bond donors (Lipinski definition) is 1. The Morgan fingerprint density at radius 2 is 1.77 bits per heavy atom. The quantitative estimate of drug-likeness (QED) is 0.328. The molecule has 2 bridgehead atoms. The molecule has 0 radical (unpaired) electrons. The molecule has 40 heavy (non-hydrogen) atoms. The van der Waals surface area contributed by atoms with Gasteiger partial charge in [0.1, 0.15) is 17.2 Å². The first kappa shape index (κ1) is 25.4. The molecule has 2 aromatic heterocycles. The molecule has 1 aromatic carbocycles. The molecule has 0 spiro atoms. The summed E-state index contributed by atoms with van der Waals surface area (Å²) >= 11 is 0. The van der Waals surface area contributed by atoms with Gasteiger partial charge in [-0.2, -0.15) is 8.78 Å². The number of rotatable bonds is 10. The van der Waals surface area contributed by atoms with Crippen molar-refractivity contribution in [2.75, 3.05) is 4.90 Å². The average molecular weight is 553 g/mol. The Hall–Kier alpha value is -3.60. The Balaban J connectivity index is 1.10. The topological polar surface area (TPSA) is 111 Å². The van der Waals surface area contributed by atoms with Crippen molar-refractivity contribution >= 4 is 11.9 Å². The minimum atomic E-state index is -2.95. The fourth-order valence-electron chi connectivity index (χ4n) is 6.26. The summed E-state index contributed by atoms with van der Waals surface area (Å²) in [4.78, 5) is 23.2. The van der Waals surface area contributed by atoms with E-state index >= 15 is 0 Å². The van der Waals surface area contributed by atoms with E-state index in [0.29, 0.717) is 23.1 Å². The van der Waals surface area contributed by atoms with E-state index in [4.69, 9.17) is 19.0 Å². The molecule has 4 fully saturated rings. The lowest BCUT2D eigenvalue weighted by Crippen LogP contribution is -2.46. The molecule has 7 rings (SSSR count). The highest BCUT2D eigenvalue weighted by atomic mass is 19.3. The first-order chi connectivity index (χ1) is 19.4. The minimum absolute atomic E-state index is 0.0262. The average Bonchev–Trinajstić information content (AvgIpc) is 3.87. The standard InChI is InChI=1S/C29H30F2N4O5/c30-28(31)39-24-4-2-1-3-20(24)25-21(26(40-34-25)16-7-8-16)14-38-19-11-17-9-10-18(12-19)35(17)29-32-22(15-5-6-15)13-23(33-29)27(36)37/h1-4,13,15-19,28H,5-12,14H2,(H,36,37)/t17-,18+,19?. The number of anilines is 1. The van der Waals surface area contributed by atoms with E-state index in [9.17, 15) is 18.7 Å². The number of aromatic carboxylic acids is 1. The number of fused-ring (bicyclic) bond motifs is 2. The van der Waals surface area contributed by atoms with Gasteiger partial charge in [0.15, 0.2) is 5.69 Å². The van der Waals surface area contributed by atoms with Crippen molar-refractivity contribution in [1.82, 2.24) is 15.1 Å². The highest BCUT2D eigenvalue weighted by Gasteiger charge is 2.43. The molecular weight excluding hydrogens is 522 g/mol. The molecule has 0 amide bonds. The van der Waals surface area contributed by atoms with Gasteiger partial charge in [0.2, 0.25) is 5.95 Å². The van der Waals surface area contributed by atoms with Crippen LogP contribution in [0.2, 0.25) is 0 Å². The molecule has 210 valence electrons. The van der Waals surface area contributed by atoms with Crippen LogP contribution in [0.1, 0.15) is 90.7 Å². The molecule has 2 aliphatic heterocycles. The fraction of sp³-hybridized carbons (Fsp3) is 0.517. The number of carbonyl (C=O) groups is 1. The van der Waals surface area contributed by atoms with Crippen LogP contribution >= 0.6 is 0 Å². The van der Waals surface area contributed by atoms with E-state index < -0.39 is 12.6 Å². The van der Waals surface area contributed by atoms with Crippen molar-refractivity contribution < 1.29 is 32.7 Å². The summed E-state index contributed by atoms with van der Waals surface area (Å²) in [5.74, 6) is 0.880. The summed E-state index contributed by atoms with van der Waals surface area (Å²) in [6, 6.07) is 8.53. The van der Waals surface area contributed by atoms with E-state index in [1.807, 2.05) is 0 Å². The molecule has 3 aromatic rings. The molecule has 2 aliphatic carbocycles. The van der Waals surface area contributed by atoms with Gasteiger partial charge in [-0.1, -0.05) is 17.3 Å². The third-order valence-corrected chi connectivity index (χ3v) is 8.46. The van der Waals surface area contributed by atoms with Gasteiger partial charge < -0.3 is 24.0 Å². The highest BCUT2D eigenvalue weighted by molar-refractivity contribution is 5.85. The summed E-state index contributed by atoms with van der Waals surface area (Å²) in [5.41, 5.74) is 2.59. The predicted molar refractivity (Wildman–Crippen MR) is 139 cm³/mol. The molecule has 11 heteroatoms. The molecular formula is C29H30F2N4O5. The van der Waals surface area contributed by atoms with E-state index in [1.54, 1.807) is 24.3 Å². The van der Waals surface area contributed by atoms with E-state index in [1.165, 1.54) is 6.07 Å². The van der Waals surface area contributed by atoms with E-state index in [2.05, 4.69) is 15.0 Å². The number of aromatic nitrogens is 3. The second-order valence-electron chi connectivity index (χ2n) is 11.3. The molecule has 4 heterocycles. The molecule has 4 aliphatic rings. The number of ether oxygens (including phenoxy) is 2. The smallest absolute Gasteiger partial charge is 0.387 e. The Labute approximate surface area is 229 Å². The van der Waals surface area contributed by atoms with Crippen molar-refractivity contribution in [2.45, 2.75) is 94.6 Å². The number of halogens is 2. The van der Waals surface area contributed by atoms with Crippen LogP contribution in [0.5, 0.6) is 5.75 Å². The summed E-state index contributed by atoms with van der Waals surface area (Å²) in [6.07, 6.45) is 7.50. The number of carboxylic acids is 1. The second-order valence-corrected chi connectivity index (χ2v) is 11.3. The Morgan fingerprint density at radius 1 is 1.05 bits per heavy atom. The van der Waals surface area contributed by atoms with Gasteiger partial charge >= 0.3 is 12.6 Å². The monoisotopic (exact) mass is 552 g/mol. The van der Waals surface area contributed by atoms with Crippen LogP contribution in [-0.4, -0.2) is 51.0 Å². The summed E-state index contributed by atoms with van der Waals surface area (Å²) in [7, 11) is 0. The van der Waals surface area contributed by atoms with Crippen molar-refractivity contribution in [1.29, 1.82) is 0 Å². The van der Waals surface area contributed by atoms with Gasteiger partial charge in [0.25, 0.3) is 0 Å². The van der Waals surface area contributed by atoms with Crippen LogP contribution in [0.3, 0.4) is 0 Å². The van der Waals surface area contributed by atoms with Crippen molar-refractivity contribution in [3.63, 3.8) is 0 Å². The number of nitrogens with zero attached hydrogens (tertiary/aromatic N) is 4. The van der Waals surface area contributed by atoms with Crippen LogP contribution < -0.4 is 9.64 Å². The zero-order chi connectivity index (χ0) is 27.4. The summed E-state index contributed by atoms with van der Waals surface area (Å²) in [5, 5.41) is 13.9. The maximum atomic E-state index is 13.1. The lowest BCUT2D eigenvalue weighted by atomic mass is 9.99. The number of piperidine rings is 1. The number of alkyl halides is 2. The van der Waals surface area contributed by atoms with Gasteiger partial charge in [-0.3, -0.25) is 0 Å². The maximum absolute atomic E-state index is 13.1. The molecule has 1 unspecified atom stereocenters. The third kappa shape index (κ3) is 4.91. The van der Waals surface area contributed by atoms with Gasteiger partial charge in [0.05, 0.1) is 12.7 Å². The summed E-state index contributed by atoms with van der Waals surface area (Å²) in [6.45, 7) is -2.69. The molecule has 2 saturated heterocycles. The van der Waals surface area contributed by atoms with Gasteiger partial charge in [-0.25, -0.2) is 14.8 Å². The van der Waals surface area contributed by atoms with Crippen LogP contribution in [0.15, 0.2) is 34.9 Å². The molecule has 1 N–H and O–H groups in total. The number of benzene rings is 1. The Morgan fingerprint density at radius 3 is 2.45 bits per heavy atom. The lowest BCUT2D eigenvalue weighted by Gasteiger charge is -2.39. The number of carboxylic acid groups (broad SMARTS) is 1. The predicted octanol–water partition coefficient (Wildman–Crippen LogP) is 5.90. The minimum Gasteiger partial charge on any atom is -0.477 e. The largest absolute Gasteiger partial charge is 0.477 e. The van der Waals surface area contributed by atoms with Crippen LogP contribution in [0, 0.1) is 0 Å².